The van der Waals surface area contributed by atoms with Crippen molar-refractivity contribution in [3.8, 4) is 11.8 Å². The Balaban J connectivity index is 3.27. The molecule has 1 aromatic carbocycles. The molecule has 0 atom stereocenters. The number of benzene rings is 1. The molecule has 0 spiro atoms. The molecule has 0 saturated carbocycles. The van der Waals surface area contributed by atoms with Gasteiger partial charge < -0.3 is 4.74 Å². The van der Waals surface area contributed by atoms with Gasteiger partial charge in [-0.25, -0.2) is 0 Å². The maximum Gasteiger partial charge on any atom is 0.161 e. The summed E-state index contributed by atoms with van der Waals surface area (Å²) in [6.07, 6.45) is 0. The highest BCUT2D eigenvalue weighted by Gasteiger charge is 2.11. The van der Waals surface area contributed by atoms with Crippen LogP contribution in [0, 0.1) is 11.3 Å². The van der Waals surface area contributed by atoms with E-state index in [9.17, 15) is 4.79 Å². The van der Waals surface area contributed by atoms with Crippen LogP contribution >= 0.6 is 0 Å². The summed E-state index contributed by atoms with van der Waals surface area (Å²) in [6, 6.07) is 7.01. The van der Waals surface area contributed by atoms with E-state index >= 15 is 0 Å². The number of carbonyl (C=O) groups is 1. The molecule has 0 N–H and O–H groups in total. The normalized spacial score (nSPS) is 9.21. The summed E-state index contributed by atoms with van der Waals surface area (Å²) in [5.41, 5.74) is 0.736. The number of nitriles is 1. The van der Waals surface area contributed by atoms with Gasteiger partial charge in [0.2, 0.25) is 0 Å². The molecule has 0 unspecified atom stereocenters. The van der Waals surface area contributed by atoms with Crippen molar-refractivity contribution in [2.24, 2.45) is 0 Å². The summed E-state index contributed by atoms with van der Waals surface area (Å²) in [6.45, 7) is 3.75. The summed E-state index contributed by atoms with van der Waals surface area (Å²) in [5.74, 6) is 0.353. The zero-order valence-corrected chi connectivity index (χ0v) is 8.20. The highest BCUT2D eigenvalue weighted by molar-refractivity contribution is 5.97. The molecule has 3 heteroatoms. The molecule has 0 aliphatic carbocycles. The number of nitrogens with zero attached hydrogens (tertiary/aromatic N) is 1. The number of hydrogen-bond acceptors (Lipinski definition) is 3. The third kappa shape index (κ3) is 1.91. The Labute approximate surface area is 82.9 Å². The molecule has 3 nitrogen and oxygen atoms in total. The van der Waals surface area contributed by atoms with Gasteiger partial charge in [-0.1, -0.05) is 6.07 Å². The zero-order chi connectivity index (χ0) is 10.6. The Hall–Kier alpha value is -1.82. The van der Waals surface area contributed by atoms with Crippen molar-refractivity contribution in [1.29, 1.82) is 5.26 Å². The molecule has 0 saturated heterocycles. The van der Waals surface area contributed by atoms with Crippen LogP contribution in [-0.2, 0) is 0 Å². The quantitative estimate of drug-likeness (QED) is 0.684. The van der Waals surface area contributed by atoms with Gasteiger partial charge in [-0.15, -0.1) is 0 Å². The zero-order valence-electron chi connectivity index (χ0n) is 8.20. The second-order valence-electron chi connectivity index (χ2n) is 2.78. The van der Waals surface area contributed by atoms with E-state index in [-0.39, 0.29) is 5.78 Å². The van der Waals surface area contributed by atoms with Crippen LogP contribution in [-0.4, -0.2) is 12.4 Å². The molecule has 0 aliphatic heterocycles. The third-order valence-electron chi connectivity index (χ3n) is 1.82. The largest absolute Gasteiger partial charge is 0.492 e. The van der Waals surface area contributed by atoms with Gasteiger partial charge in [0.1, 0.15) is 17.4 Å². The first-order chi connectivity index (χ1) is 6.70. The van der Waals surface area contributed by atoms with Crippen LogP contribution in [0.2, 0.25) is 0 Å². The molecule has 0 fully saturated rings. The van der Waals surface area contributed by atoms with Crippen LogP contribution in [0.15, 0.2) is 18.2 Å². The third-order valence-corrected chi connectivity index (χ3v) is 1.82. The van der Waals surface area contributed by atoms with E-state index in [4.69, 9.17) is 10.00 Å². The summed E-state index contributed by atoms with van der Waals surface area (Å²) >= 11 is 0. The lowest BCUT2D eigenvalue weighted by Crippen LogP contribution is -2.01. The standard InChI is InChI=1S/C11H11NO2/c1-3-14-11-6-4-5-9(8(2)13)10(11)7-12/h4-6H,3H2,1-2H3. The number of hydrogen-bond donors (Lipinski definition) is 0. The van der Waals surface area contributed by atoms with E-state index in [1.165, 1.54) is 6.92 Å². The molecule has 0 bridgehead atoms. The van der Waals surface area contributed by atoms with Gasteiger partial charge in [0.05, 0.1) is 6.61 Å². The van der Waals surface area contributed by atoms with E-state index in [0.717, 1.165) is 0 Å². The second-order valence-corrected chi connectivity index (χ2v) is 2.78. The molecular weight excluding hydrogens is 178 g/mol. The van der Waals surface area contributed by atoms with Crippen molar-refractivity contribution in [3.63, 3.8) is 0 Å². The van der Waals surface area contributed by atoms with Gasteiger partial charge in [-0.3, -0.25) is 4.79 Å². The van der Waals surface area contributed by atoms with Gasteiger partial charge in [0, 0.05) is 5.56 Å². The highest BCUT2D eigenvalue weighted by atomic mass is 16.5. The fraction of sp³-hybridized carbons (Fsp3) is 0.273. The SMILES string of the molecule is CCOc1cccc(C(C)=O)c1C#N. The Morgan fingerprint density at radius 1 is 1.57 bits per heavy atom. The van der Waals surface area contributed by atoms with Gasteiger partial charge in [0.15, 0.2) is 5.78 Å². The molecule has 72 valence electrons. The van der Waals surface area contributed by atoms with Gasteiger partial charge in [-0.2, -0.15) is 5.26 Å². The molecule has 0 heterocycles. The summed E-state index contributed by atoms with van der Waals surface area (Å²) in [5, 5.41) is 8.89. The number of rotatable bonds is 3. The topological polar surface area (TPSA) is 50.1 Å². The highest BCUT2D eigenvalue weighted by Crippen LogP contribution is 2.21. The van der Waals surface area contributed by atoms with Gasteiger partial charge >= 0.3 is 0 Å². The Bertz CT molecular complexity index is 391. The molecule has 14 heavy (non-hydrogen) atoms. The average Bonchev–Trinajstić information content (AvgIpc) is 2.18. The smallest absolute Gasteiger partial charge is 0.161 e. The molecule has 0 radical (unpaired) electrons. The van der Waals surface area contributed by atoms with Crippen molar-refractivity contribution < 1.29 is 9.53 Å². The molecule has 0 aliphatic rings. The average molecular weight is 189 g/mol. The van der Waals surface area contributed by atoms with E-state index < -0.39 is 0 Å². The number of carbonyl (C=O) groups excluding carboxylic acids is 1. The first-order valence-corrected chi connectivity index (χ1v) is 4.37. The van der Waals surface area contributed by atoms with Crippen molar-refractivity contribution in [3.05, 3.63) is 29.3 Å². The lowest BCUT2D eigenvalue weighted by atomic mass is 10.0. The van der Waals surface area contributed by atoms with Gasteiger partial charge in [0.25, 0.3) is 0 Å². The van der Waals surface area contributed by atoms with Crippen LogP contribution in [0.5, 0.6) is 5.75 Å². The van der Waals surface area contributed by atoms with Crippen molar-refractivity contribution in [2.45, 2.75) is 13.8 Å². The van der Waals surface area contributed by atoms with Crippen LogP contribution in [0.25, 0.3) is 0 Å². The fourth-order valence-corrected chi connectivity index (χ4v) is 1.22. The second kappa shape index (κ2) is 4.43. The lowest BCUT2D eigenvalue weighted by Gasteiger charge is -2.07. The van der Waals surface area contributed by atoms with Crippen molar-refractivity contribution in [1.82, 2.24) is 0 Å². The maximum absolute atomic E-state index is 11.2. The van der Waals surface area contributed by atoms with Crippen molar-refractivity contribution in [2.75, 3.05) is 6.61 Å². The van der Waals surface area contributed by atoms with E-state index in [2.05, 4.69) is 0 Å². The van der Waals surface area contributed by atoms with Crippen LogP contribution in [0.4, 0.5) is 0 Å². The predicted molar refractivity (Wildman–Crippen MR) is 52.3 cm³/mol. The molecule has 1 aromatic rings. The molecule has 1 rings (SSSR count). The number of ether oxygens (including phenoxy) is 1. The first-order valence-electron chi connectivity index (χ1n) is 4.37. The van der Waals surface area contributed by atoms with Gasteiger partial charge in [-0.05, 0) is 26.0 Å². The minimum Gasteiger partial charge on any atom is -0.492 e. The summed E-state index contributed by atoms with van der Waals surface area (Å²) in [4.78, 5) is 11.2. The lowest BCUT2D eigenvalue weighted by molar-refractivity contribution is 0.101. The molecule has 0 amide bonds. The Kier molecular flexibility index (Phi) is 3.24. The van der Waals surface area contributed by atoms with E-state index in [1.807, 2.05) is 13.0 Å². The first kappa shape index (κ1) is 10.3. The number of Topliss-reactive ketones (excluding diaryl/α,β-unsaturated/α-hetero) is 1. The molecular formula is C11H11NO2. The van der Waals surface area contributed by atoms with Crippen LogP contribution in [0.3, 0.4) is 0 Å². The number of ketones is 1. The predicted octanol–water partition coefficient (Wildman–Crippen LogP) is 2.16. The van der Waals surface area contributed by atoms with E-state index in [0.29, 0.717) is 23.5 Å². The van der Waals surface area contributed by atoms with Crippen molar-refractivity contribution >= 4 is 5.78 Å². The van der Waals surface area contributed by atoms with Crippen LogP contribution < -0.4 is 4.74 Å². The summed E-state index contributed by atoms with van der Waals surface area (Å²) < 4.78 is 5.24. The monoisotopic (exact) mass is 189 g/mol. The molecule has 0 aromatic heterocycles. The minimum atomic E-state index is -0.122. The Morgan fingerprint density at radius 3 is 2.79 bits per heavy atom. The maximum atomic E-state index is 11.2. The Morgan fingerprint density at radius 2 is 2.29 bits per heavy atom. The minimum absolute atomic E-state index is 0.122. The summed E-state index contributed by atoms with van der Waals surface area (Å²) in [7, 11) is 0. The fourth-order valence-electron chi connectivity index (χ4n) is 1.22. The van der Waals surface area contributed by atoms with Crippen LogP contribution in [0.1, 0.15) is 29.8 Å². The van der Waals surface area contributed by atoms with E-state index in [1.54, 1.807) is 18.2 Å².